The zero-order valence-electron chi connectivity index (χ0n) is 17.9. The molecular weight excluding hydrogens is 434 g/mol. The minimum atomic E-state index is -0.498. The van der Waals surface area contributed by atoms with E-state index < -0.39 is 11.2 Å². The van der Waals surface area contributed by atoms with Crippen LogP contribution in [-0.2, 0) is 20.1 Å². The number of thiazole rings is 1. The second-order valence-corrected chi connectivity index (χ2v) is 8.49. The molecule has 11 heteroatoms. The first-order chi connectivity index (χ1) is 15.4. The molecule has 0 aliphatic heterocycles. The molecule has 4 aromatic rings. The Kier molecular flexibility index (Phi) is 6.10. The van der Waals surface area contributed by atoms with Gasteiger partial charge in [-0.3, -0.25) is 18.5 Å². The largest absolute Gasteiger partial charge is 0.497 e. The number of aliphatic hydroxyl groups is 1. The van der Waals surface area contributed by atoms with Crippen LogP contribution in [0, 0.1) is 6.92 Å². The molecule has 0 spiro atoms. The van der Waals surface area contributed by atoms with E-state index >= 15 is 0 Å². The SMILES string of the molecule is COc1ccc(Oc2nc3c(c(=O)n(CCCO)c(=O)n3C)n2Cc2ncc(C)s2)cc1. The van der Waals surface area contributed by atoms with Crippen LogP contribution in [0.1, 0.15) is 16.3 Å². The third-order valence-electron chi connectivity index (χ3n) is 4.97. The molecule has 0 saturated heterocycles. The number of imidazole rings is 1. The summed E-state index contributed by atoms with van der Waals surface area (Å²) in [7, 11) is 3.13. The summed E-state index contributed by atoms with van der Waals surface area (Å²) in [5.74, 6) is 1.18. The lowest BCUT2D eigenvalue weighted by atomic mass is 10.3. The fourth-order valence-corrected chi connectivity index (χ4v) is 4.14. The average molecular weight is 458 g/mol. The summed E-state index contributed by atoms with van der Waals surface area (Å²) in [6.45, 7) is 2.19. The number of benzene rings is 1. The van der Waals surface area contributed by atoms with E-state index in [-0.39, 0.29) is 43.3 Å². The van der Waals surface area contributed by atoms with Crippen molar-refractivity contribution in [3.63, 3.8) is 0 Å². The van der Waals surface area contributed by atoms with Gasteiger partial charge in [0.2, 0.25) is 0 Å². The standard InChI is InChI=1S/C21H23N5O5S/c1-13-11-22-16(32-13)12-26-17-18(24(2)21(29)25(19(17)28)9-4-10-27)23-20(26)31-15-7-5-14(30-3)6-8-15/h5-8,11,27H,4,9-10,12H2,1-3H3. The number of nitrogens with zero attached hydrogens (tertiary/aromatic N) is 5. The van der Waals surface area contributed by atoms with Gasteiger partial charge in [-0.2, -0.15) is 4.98 Å². The maximum absolute atomic E-state index is 13.3. The molecule has 1 aromatic carbocycles. The number of rotatable bonds is 8. The van der Waals surface area contributed by atoms with E-state index in [1.165, 1.54) is 15.9 Å². The number of aryl methyl sites for hydroxylation is 2. The van der Waals surface area contributed by atoms with Gasteiger partial charge in [0.1, 0.15) is 16.5 Å². The fourth-order valence-electron chi connectivity index (χ4n) is 3.36. The summed E-state index contributed by atoms with van der Waals surface area (Å²) in [6.07, 6.45) is 2.05. The predicted molar refractivity (Wildman–Crippen MR) is 120 cm³/mol. The Balaban J connectivity index is 1.90. The summed E-state index contributed by atoms with van der Waals surface area (Å²) in [4.78, 5) is 36.0. The quantitative estimate of drug-likeness (QED) is 0.430. The lowest BCUT2D eigenvalue weighted by Gasteiger charge is -2.10. The first-order valence-electron chi connectivity index (χ1n) is 9.97. The minimum Gasteiger partial charge on any atom is -0.497 e. The smallest absolute Gasteiger partial charge is 0.332 e. The molecule has 32 heavy (non-hydrogen) atoms. The molecule has 0 unspecified atom stereocenters. The van der Waals surface area contributed by atoms with Crippen LogP contribution in [0.5, 0.6) is 17.5 Å². The summed E-state index contributed by atoms with van der Waals surface area (Å²) >= 11 is 1.50. The number of methoxy groups -OCH3 is 1. The molecule has 0 amide bonds. The van der Waals surface area contributed by atoms with Crippen molar-refractivity contribution in [2.24, 2.45) is 7.05 Å². The lowest BCUT2D eigenvalue weighted by Crippen LogP contribution is -2.39. The Morgan fingerprint density at radius 3 is 2.47 bits per heavy atom. The Morgan fingerprint density at radius 2 is 1.84 bits per heavy atom. The van der Waals surface area contributed by atoms with Crippen molar-refractivity contribution in [1.82, 2.24) is 23.7 Å². The molecule has 168 valence electrons. The molecule has 10 nitrogen and oxygen atoms in total. The fraction of sp³-hybridized carbons (Fsp3) is 0.333. The van der Waals surface area contributed by atoms with Gasteiger partial charge in [0.25, 0.3) is 5.56 Å². The molecule has 3 aromatic heterocycles. The lowest BCUT2D eigenvalue weighted by molar-refractivity contribution is 0.277. The van der Waals surface area contributed by atoms with Crippen molar-refractivity contribution in [3.8, 4) is 17.5 Å². The highest BCUT2D eigenvalue weighted by molar-refractivity contribution is 7.11. The molecule has 0 bridgehead atoms. The number of ether oxygens (including phenoxy) is 2. The number of aliphatic hydroxyl groups excluding tert-OH is 1. The Hall–Kier alpha value is -3.44. The van der Waals surface area contributed by atoms with Crippen molar-refractivity contribution in [3.05, 3.63) is 61.2 Å². The summed E-state index contributed by atoms with van der Waals surface area (Å²) in [5.41, 5.74) is -0.526. The van der Waals surface area contributed by atoms with Gasteiger partial charge in [-0.15, -0.1) is 11.3 Å². The topological polar surface area (TPSA) is 113 Å². The van der Waals surface area contributed by atoms with Crippen LogP contribution in [0.15, 0.2) is 40.1 Å². The number of fused-ring (bicyclic) bond motifs is 1. The molecule has 0 saturated carbocycles. The summed E-state index contributed by atoms with van der Waals surface area (Å²) in [5, 5.41) is 9.95. The predicted octanol–water partition coefficient (Wildman–Crippen LogP) is 1.89. The van der Waals surface area contributed by atoms with Crippen molar-refractivity contribution in [1.29, 1.82) is 0 Å². The zero-order valence-corrected chi connectivity index (χ0v) is 18.8. The van der Waals surface area contributed by atoms with Crippen LogP contribution in [0.4, 0.5) is 0 Å². The second kappa shape index (κ2) is 8.97. The highest BCUT2D eigenvalue weighted by Crippen LogP contribution is 2.27. The Bertz CT molecular complexity index is 1370. The van der Waals surface area contributed by atoms with Gasteiger partial charge < -0.3 is 14.6 Å². The van der Waals surface area contributed by atoms with Crippen molar-refractivity contribution >= 4 is 22.5 Å². The highest BCUT2D eigenvalue weighted by atomic mass is 32.1. The average Bonchev–Trinajstić information content (AvgIpc) is 3.36. The van der Waals surface area contributed by atoms with E-state index in [1.54, 1.807) is 49.2 Å². The van der Waals surface area contributed by atoms with Crippen LogP contribution in [0.25, 0.3) is 11.2 Å². The normalized spacial score (nSPS) is 11.2. The van der Waals surface area contributed by atoms with Crippen LogP contribution < -0.4 is 20.7 Å². The highest BCUT2D eigenvalue weighted by Gasteiger charge is 2.22. The van der Waals surface area contributed by atoms with Gasteiger partial charge >= 0.3 is 11.7 Å². The Morgan fingerprint density at radius 1 is 1.12 bits per heavy atom. The van der Waals surface area contributed by atoms with Gasteiger partial charge in [0.05, 0.1) is 13.7 Å². The minimum absolute atomic E-state index is 0.105. The number of aromatic nitrogens is 5. The van der Waals surface area contributed by atoms with Crippen LogP contribution in [0.3, 0.4) is 0 Å². The van der Waals surface area contributed by atoms with Gasteiger partial charge in [-0.25, -0.2) is 9.78 Å². The van der Waals surface area contributed by atoms with E-state index in [9.17, 15) is 14.7 Å². The molecule has 4 rings (SSSR count). The van der Waals surface area contributed by atoms with E-state index in [0.29, 0.717) is 11.5 Å². The van der Waals surface area contributed by atoms with Crippen LogP contribution in [0.2, 0.25) is 0 Å². The molecule has 0 radical (unpaired) electrons. The summed E-state index contributed by atoms with van der Waals surface area (Å²) in [6, 6.07) is 7.14. The van der Waals surface area contributed by atoms with Crippen molar-refractivity contribution < 1.29 is 14.6 Å². The van der Waals surface area contributed by atoms with Crippen LogP contribution in [-0.4, -0.2) is 42.5 Å². The molecule has 0 atom stereocenters. The maximum atomic E-state index is 13.3. The van der Waals surface area contributed by atoms with E-state index in [1.807, 2.05) is 6.92 Å². The Labute approximate surface area is 186 Å². The second-order valence-electron chi connectivity index (χ2n) is 7.17. The van der Waals surface area contributed by atoms with Gasteiger partial charge in [-0.05, 0) is 37.6 Å². The molecule has 1 N–H and O–H groups in total. The number of hydrogen-bond donors (Lipinski definition) is 1. The summed E-state index contributed by atoms with van der Waals surface area (Å²) < 4.78 is 15.3. The van der Waals surface area contributed by atoms with Crippen LogP contribution >= 0.6 is 11.3 Å². The van der Waals surface area contributed by atoms with Gasteiger partial charge in [-0.1, -0.05) is 0 Å². The molecular formula is C21H23N5O5S. The van der Waals surface area contributed by atoms with Gasteiger partial charge in [0.15, 0.2) is 11.2 Å². The first-order valence-corrected chi connectivity index (χ1v) is 10.8. The monoisotopic (exact) mass is 457 g/mol. The van der Waals surface area contributed by atoms with Crippen molar-refractivity contribution in [2.75, 3.05) is 13.7 Å². The molecule has 3 heterocycles. The maximum Gasteiger partial charge on any atom is 0.332 e. The van der Waals surface area contributed by atoms with E-state index in [0.717, 1.165) is 14.5 Å². The molecule has 0 aliphatic rings. The zero-order chi connectivity index (χ0) is 22.8. The third kappa shape index (κ3) is 4.04. The van der Waals surface area contributed by atoms with Gasteiger partial charge in [0, 0.05) is 31.3 Å². The first kappa shape index (κ1) is 21.8. The number of hydrogen-bond acceptors (Lipinski definition) is 8. The van der Waals surface area contributed by atoms with Crippen molar-refractivity contribution in [2.45, 2.75) is 26.4 Å². The molecule has 0 aliphatic carbocycles. The molecule has 0 fully saturated rings. The third-order valence-corrected chi connectivity index (χ3v) is 5.87. The van der Waals surface area contributed by atoms with E-state index in [4.69, 9.17) is 9.47 Å². The van der Waals surface area contributed by atoms with E-state index in [2.05, 4.69) is 9.97 Å².